The van der Waals surface area contributed by atoms with Crippen molar-refractivity contribution >= 4 is 29.7 Å². The predicted molar refractivity (Wildman–Crippen MR) is 127 cm³/mol. The van der Waals surface area contributed by atoms with Crippen molar-refractivity contribution in [2.75, 3.05) is 25.6 Å². The molecule has 0 bridgehead atoms. The minimum Gasteiger partial charge on any atom is -0.463 e. The van der Waals surface area contributed by atoms with Crippen LogP contribution in [0.5, 0.6) is 0 Å². The highest BCUT2D eigenvalue weighted by molar-refractivity contribution is 7.99. The molecule has 1 N–H and O–H groups in total. The van der Waals surface area contributed by atoms with Crippen LogP contribution in [0.4, 0.5) is 0 Å². The average Bonchev–Trinajstić information content (AvgIpc) is 3.21. The standard InChI is InChI=1S/C26H25NO6S/c1-3-31-25(29)21-16(2)27-19-15-33-26(30)23(19)22(21)18-11-7-8-12-20(18)34-14-13-32-24(28)17-9-5-4-6-10-17/h4-12,22,27H,3,13-15H2,1-2H3. The number of hydrogen-bond donors (Lipinski definition) is 1. The Balaban J connectivity index is 1.56. The number of nitrogens with one attached hydrogen (secondary N) is 1. The summed E-state index contributed by atoms with van der Waals surface area (Å²) < 4.78 is 16.0. The maximum Gasteiger partial charge on any atom is 0.338 e. The molecule has 1 unspecified atom stereocenters. The second-order valence-electron chi connectivity index (χ2n) is 7.67. The van der Waals surface area contributed by atoms with Crippen molar-refractivity contribution in [3.63, 3.8) is 0 Å². The van der Waals surface area contributed by atoms with Crippen LogP contribution in [-0.4, -0.2) is 43.5 Å². The summed E-state index contributed by atoms with van der Waals surface area (Å²) in [5.74, 6) is -1.40. The van der Waals surface area contributed by atoms with E-state index in [9.17, 15) is 14.4 Å². The number of thioether (sulfide) groups is 1. The Bertz CT molecular complexity index is 1170. The van der Waals surface area contributed by atoms with Gasteiger partial charge in [-0.1, -0.05) is 36.4 Å². The molecule has 7 nitrogen and oxygen atoms in total. The first kappa shape index (κ1) is 23.6. The van der Waals surface area contributed by atoms with Gasteiger partial charge < -0.3 is 19.5 Å². The maximum atomic E-state index is 12.9. The topological polar surface area (TPSA) is 90.9 Å². The van der Waals surface area contributed by atoms with Crippen LogP contribution >= 0.6 is 11.8 Å². The third kappa shape index (κ3) is 4.87. The van der Waals surface area contributed by atoms with E-state index in [4.69, 9.17) is 14.2 Å². The Morgan fingerprint density at radius 1 is 1.06 bits per heavy atom. The van der Waals surface area contributed by atoms with E-state index < -0.39 is 17.9 Å². The summed E-state index contributed by atoms with van der Waals surface area (Å²) >= 11 is 1.49. The minimum atomic E-state index is -0.610. The van der Waals surface area contributed by atoms with Crippen molar-refractivity contribution in [1.82, 2.24) is 5.32 Å². The molecule has 34 heavy (non-hydrogen) atoms. The monoisotopic (exact) mass is 479 g/mol. The number of rotatable bonds is 8. The molecule has 2 aliphatic rings. The van der Waals surface area contributed by atoms with Crippen LogP contribution in [0.3, 0.4) is 0 Å². The molecule has 0 aliphatic carbocycles. The summed E-state index contributed by atoms with van der Waals surface area (Å²) in [5.41, 5.74) is 3.42. The van der Waals surface area contributed by atoms with E-state index in [1.807, 2.05) is 30.3 Å². The van der Waals surface area contributed by atoms with Gasteiger partial charge in [-0.2, -0.15) is 0 Å². The van der Waals surface area contributed by atoms with Crippen molar-refractivity contribution in [3.8, 4) is 0 Å². The van der Waals surface area contributed by atoms with Gasteiger partial charge >= 0.3 is 17.9 Å². The summed E-state index contributed by atoms with van der Waals surface area (Å²) in [4.78, 5) is 38.6. The van der Waals surface area contributed by atoms with Crippen LogP contribution in [-0.2, 0) is 23.8 Å². The fourth-order valence-corrected chi connectivity index (χ4v) is 4.97. The normalized spacial score (nSPS) is 17.1. The molecule has 176 valence electrons. The molecule has 0 fully saturated rings. The van der Waals surface area contributed by atoms with Crippen LogP contribution in [0, 0.1) is 0 Å². The molecule has 0 saturated carbocycles. The smallest absolute Gasteiger partial charge is 0.338 e. The Kier molecular flexibility index (Phi) is 7.37. The summed E-state index contributed by atoms with van der Waals surface area (Å²) in [6.45, 7) is 4.12. The molecule has 1 atom stereocenters. The summed E-state index contributed by atoms with van der Waals surface area (Å²) in [6.07, 6.45) is 0. The van der Waals surface area contributed by atoms with E-state index in [0.717, 1.165) is 10.5 Å². The van der Waals surface area contributed by atoms with Crippen LogP contribution in [0.2, 0.25) is 0 Å². The molecule has 0 radical (unpaired) electrons. The van der Waals surface area contributed by atoms with E-state index in [2.05, 4.69) is 5.32 Å². The lowest BCUT2D eigenvalue weighted by Gasteiger charge is -2.28. The van der Waals surface area contributed by atoms with Crippen molar-refractivity contribution < 1.29 is 28.6 Å². The summed E-state index contributed by atoms with van der Waals surface area (Å²) in [7, 11) is 0. The van der Waals surface area contributed by atoms with Gasteiger partial charge in [0.25, 0.3) is 0 Å². The van der Waals surface area contributed by atoms with Crippen LogP contribution < -0.4 is 5.32 Å². The van der Waals surface area contributed by atoms with Crippen LogP contribution in [0.1, 0.15) is 35.7 Å². The number of carbonyl (C=O) groups is 3. The Morgan fingerprint density at radius 3 is 2.56 bits per heavy atom. The SMILES string of the molecule is CCOC(=O)C1=C(C)NC2=C(C(=O)OC2)C1c1ccccc1SCCOC(=O)c1ccccc1. The van der Waals surface area contributed by atoms with Gasteiger partial charge in [0, 0.05) is 16.3 Å². The molecule has 0 aromatic heterocycles. The molecular formula is C26H25NO6S. The van der Waals surface area contributed by atoms with Gasteiger partial charge in [-0.05, 0) is 37.6 Å². The van der Waals surface area contributed by atoms with Crippen molar-refractivity contribution in [3.05, 3.63) is 88.3 Å². The lowest BCUT2D eigenvalue weighted by atomic mass is 9.81. The highest BCUT2D eigenvalue weighted by atomic mass is 32.2. The lowest BCUT2D eigenvalue weighted by molar-refractivity contribution is -0.138. The number of hydrogen-bond acceptors (Lipinski definition) is 8. The molecule has 2 heterocycles. The minimum absolute atomic E-state index is 0.142. The van der Waals surface area contributed by atoms with Crippen molar-refractivity contribution in [1.29, 1.82) is 0 Å². The number of esters is 3. The van der Waals surface area contributed by atoms with Gasteiger partial charge in [-0.15, -0.1) is 11.8 Å². The van der Waals surface area contributed by atoms with E-state index >= 15 is 0 Å². The van der Waals surface area contributed by atoms with Crippen LogP contribution in [0.15, 0.2) is 82.0 Å². The number of benzene rings is 2. The zero-order valence-corrected chi connectivity index (χ0v) is 19.8. The Morgan fingerprint density at radius 2 is 1.79 bits per heavy atom. The van der Waals surface area contributed by atoms with Crippen LogP contribution in [0.25, 0.3) is 0 Å². The third-order valence-electron chi connectivity index (χ3n) is 5.52. The summed E-state index contributed by atoms with van der Waals surface area (Å²) in [5, 5.41) is 3.15. The number of cyclic esters (lactones) is 1. The largest absolute Gasteiger partial charge is 0.463 e. The number of allylic oxidation sites excluding steroid dienone is 1. The molecule has 2 aromatic carbocycles. The average molecular weight is 480 g/mol. The van der Waals surface area contributed by atoms with Crippen molar-refractivity contribution in [2.45, 2.75) is 24.7 Å². The van der Waals surface area contributed by atoms with E-state index in [1.54, 1.807) is 38.1 Å². The molecule has 4 rings (SSSR count). The number of dihydropyridines is 1. The second-order valence-corrected chi connectivity index (χ2v) is 8.81. The quantitative estimate of drug-likeness (QED) is 0.263. The van der Waals surface area contributed by atoms with E-state index in [0.29, 0.717) is 33.9 Å². The Hall–Kier alpha value is -3.52. The van der Waals surface area contributed by atoms with Gasteiger partial charge in [0.2, 0.25) is 0 Å². The third-order valence-corrected chi connectivity index (χ3v) is 6.57. The highest BCUT2D eigenvalue weighted by Gasteiger charge is 2.42. The maximum absolute atomic E-state index is 12.9. The van der Waals surface area contributed by atoms with Gasteiger partial charge in [-0.25, -0.2) is 14.4 Å². The fraction of sp³-hybridized carbons (Fsp3) is 0.269. The summed E-state index contributed by atoms with van der Waals surface area (Å²) in [6, 6.07) is 16.4. The molecule has 0 saturated heterocycles. The van der Waals surface area contributed by atoms with Gasteiger partial charge in [0.15, 0.2) is 0 Å². The molecule has 0 spiro atoms. The van der Waals surface area contributed by atoms with E-state index in [1.165, 1.54) is 11.8 Å². The molecule has 0 amide bonds. The number of ether oxygens (including phenoxy) is 3. The molecule has 2 aromatic rings. The zero-order valence-electron chi connectivity index (χ0n) is 19.0. The molecule has 8 heteroatoms. The predicted octanol–water partition coefficient (Wildman–Crippen LogP) is 3.97. The first-order valence-electron chi connectivity index (χ1n) is 11.0. The number of carbonyl (C=O) groups excluding carboxylic acids is 3. The first-order chi connectivity index (χ1) is 16.5. The fourth-order valence-electron chi connectivity index (χ4n) is 4.05. The van der Waals surface area contributed by atoms with Crippen molar-refractivity contribution in [2.24, 2.45) is 0 Å². The highest BCUT2D eigenvalue weighted by Crippen LogP contribution is 2.44. The van der Waals surface area contributed by atoms with E-state index in [-0.39, 0.29) is 25.8 Å². The van der Waals surface area contributed by atoms with Gasteiger partial charge in [0.05, 0.1) is 34.9 Å². The molecular weight excluding hydrogens is 454 g/mol. The van der Waals surface area contributed by atoms with Gasteiger partial charge in [-0.3, -0.25) is 0 Å². The zero-order chi connectivity index (χ0) is 24.1. The molecule has 2 aliphatic heterocycles. The van der Waals surface area contributed by atoms with Gasteiger partial charge in [0.1, 0.15) is 13.2 Å². The second kappa shape index (κ2) is 10.6. The first-order valence-corrected chi connectivity index (χ1v) is 12.0. The Labute approximate surface area is 202 Å². The lowest BCUT2D eigenvalue weighted by Crippen LogP contribution is -2.30.